The van der Waals surface area contributed by atoms with Crippen molar-refractivity contribution in [3.8, 4) is 0 Å². The van der Waals surface area contributed by atoms with E-state index in [1.807, 2.05) is 0 Å². The normalized spacial score (nSPS) is 33.5. The molecule has 1 aromatic heterocycles. The minimum absolute atomic E-state index is 0.162. The zero-order valence-corrected chi connectivity index (χ0v) is 15.7. The van der Waals surface area contributed by atoms with Gasteiger partial charge in [-0.05, 0) is 62.5 Å². The largest absolute Gasteiger partial charge is 0.467 e. The molecular formula is C19H23ClN2O5. The highest BCUT2D eigenvalue weighted by atomic mass is 35.5. The van der Waals surface area contributed by atoms with Gasteiger partial charge in [-0.15, -0.1) is 11.6 Å². The molecule has 3 amide bonds. The summed E-state index contributed by atoms with van der Waals surface area (Å²) in [7, 11) is 0. The van der Waals surface area contributed by atoms with Crippen LogP contribution in [-0.2, 0) is 20.9 Å². The molecule has 5 rings (SSSR count). The Labute approximate surface area is 162 Å². The molecule has 2 N–H and O–H groups in total. The summed E-state index contributed by atoms with van der Waals surface area (Å²) in [6.45, 7) is -0.311. The molecule has 0 radical (unpaired) electrons. The summed E-state index contributed by atoms with van der Waals surface area (Å²) in [6, 6.07) is 2.75. The molecule has 0 aliphatic heterocycles. The van der Waals surface area contributed by atoms with Crippen LogP contribution < -0.4 is 10.6 Å². The van der Waals surface area contributed by atoms with Gasteiger partial charge in [-0.3, -0.25) is 14.9 Å². The summed E-state index contributed by atoms with van der Waals surface area (Å²) in [4.78, 5) is 36.1. The number of nitrogens with one attached hydrogen (secondary N) is 2. The Balaban J connectivity index is 1.25. The van der Waals surface area contributed by atoms with E-state index >= 15 is 0 Å². The molecule has 146 valence electrons. The highest BCUT2D eigenvalue weighted by Crippen LogP contribution is 2.64. The predicted octanol–water partition coefficient (Wildman–Crippen LogP) is 2.73. The van der Waals surface area contributed by atoms with Gasteiger partial charge in [0.15, 0.2) is 6.61 Å². The van der Waals surface area contributed by atoms with Crippen LogP contribution in [0.2, 0.25) is 0 Å². The molecular weight excluding hydrogens is 372 g/mol. The lowest BCUT2D eigenvalue weighted by Crippen LogP contribution is -2.56. The Morgan fingerprint density at radius 1 is 1.22 bits per heavy atom. The molecule has 4 aliphatic rings. The third-order valence-electron chi connectivity index (χ3n) is 6.01. The van der Waals surface area contributed by atoms with Crippen LogP contribution in [0.25, 0.3) is 0 Å². The maximum absolute atomic E-state index is 12.7. The SMILES string of the molecule is O=C(COC(=O)C12C[C@@H]3C[C@@H](CC(Cl)(C3)C1)C2)NC(=O)NCc1ccco1. The predicted molar refractivity (Wildman–Crippen MR) is 95.7 cm³/mol. The summed E-state index contributed by atoms with van der Waals surface area (Å²) in [5.41, 5.74) is -0.562. The van der Waals surface area contributed by atoms with Crippen molar-refractivity contribution in [3.05, 3.63) is 24.2 Å². The molecule has 1 heterocycles. The highest BCUT2D eigenvalue weighted by Gasteiger charge is 2.60. The van der Waals surface area contributed by atoms with Gasteiger partial charge in [-0.25, -0.2) is 4.79 Å². The highest BCUT2D eigenvalue weighted by molar-refractivity contribution is 6.24. The van der Waals surface area contributed by atoms with Gasteiger partial charge < -0.3 is 14.5 Å². The lowest BCUT2D eigenvalue weighted by atomic mass is 9.49. The van der Waals surface area contributed by atoms with E-state index in [1.54, 1.807) is 12.1 Å². The van der Waals surface area contributed by atoms with Crippen molar-refractivity contribution in [1.29, 1.82) is 0 Å². The number of alkyl halides is 1. The number of ether oxygens (including phenoxy) is 1. The third kappa shape index (κ3) is 3.83. The van der Waals surface area contributed by atoms with Crippen LogP contribution in [0.1, 0.15) is 44.3 Å². The molecule has 4 fully saturated rings. The van der Waals surface area contributed by atoms with Crippen LogP contribution in [0.15, 0.2) is 22.8 Å². The average molecular weight is 395 g/mol. The number of urea groups is 1. The first-order valence-electron chi connectivity index (χ1n) is 9.32. The second kappa shape index (κ2) is 6.86. The molecule has 0 spiro atoms. The second-order valence-electron chi connectivity index (χ2n) is 8.28. The first-order chi connectivity index (χ1) is 12.9. The van der Waals surface area contributed by atoms with Gasteiger partial charge >= 0.3 is 12.0 Å². The number of halogens is 1. The zero-order chi connectivity index (χ0) is 19.1. The van der Waals surface area contributed by atoms with Crippen molar-refractivity contribution in [3.63, 3.8) is 0 Å². The van der Waals surface area contributed by atoms with Crippen LogP contribution in [0, 0.1) is 17.3 Å². The summed E-state index contributed by atoms with van der Waals surface area (Å²) < 4.78 is 10.4. The smallest absolute Gasteiger partial charge is 0.321 e. The van der Waals surface area contributed by atoms with E-state index in [0.717, 1.165) is 32.1 Å². The fourth-order valence-electron chi connectivity index (χ4n) is 5.46. The van der Waals surface area contributed by atoms with E-state index in [2.05, 4.69) is 10.6 Å². The lowest BCUT2D eigenvalue weighted by molar-refractivity contribution is -0.171. The molecule has 4 bridgehead atoms. The molecule has 0 saturated heterocycles. The molecule has 4 aliphatic carbocycles. The molecule has 4 saturated carbocycles. The van der Waals surface area contributed by atoms with Gasteiger partial charge in [0.1, 0.15) is 5.76 Å². The van der Waals surface area contributed by atoms with E-state index in [0.29, 0.717) is 24.0 Å². The molecule has 27 heavy (non-hydrogen) atoms. The molecule has 4 atom stereocenters. The summed E-state index contributed by atoms with van der Waals surface area (Å²) >= 11 is 6.73. The monoisotopic (exact) mass is 394 g/mol. The third-order valence-corrected chi connectivity index (χ3v) is 6.46. The number of hydrogen-bond donors (Lipinski definition) is 2. The molecule has 8 heteroatoms. The molecule has 2 unspecified atom stereocenters. The van der Waals surface area contributed by atoms with E-state index in [-0.39, 0.29) is 17.4 Å². The zero-order valence-electron chi connectivity index (χ0n) is 15.0. The fourth-order valence-corrected chi connectivity index (χ4v) is 6.15. The minimum atomic E-state index is -0.665. The summed E-state index contributed by atoms with van der Waals surface area (Å²) in [5, 5.41) is 4.64. The van der Waals surface area contributed by atoms with E-state index < -0.39 is 24.0 Å². The Hall–Kier alpha value is -2.02. The van der Waals surface area contributed by atoms with Crippen molar-refractivity contribution in [2.24, 2.45) is 17.3 Å². The summed E-state index contributed by atoms with van der Waals surface area (Å²) in [5.74, 6) is 0.495. The van der Waals surface area contributed by atoms with Gasteiger partial charge in [0.05, 0.1) is 18.2 Å². The Kier molecular flexibility index (Phi) is 4.66. The Morgan fingerprint density at radius 2 is 1.96 bits per heavy atom. The van der Waals surface area contributed by atoms with Crippen LogP contribution in [0.4, 0.5) is 4.79 Å². The first kappa shape index (κ1) is 18.3. The Bertz CT molecular complexity index is 733. The topological polar surface area (TPSA) is 97.6 Å². The van der Waals surface area contributed by atoms with Crippen LogP contribution >= 0.6 is 11.6 Å². The summed E-state index contributed by atoms with van der Waals surface area (Å²) in [6.07, 6.45) is 6.78. The van der Waals surface area contributed by atoms with Crippen molar-refractivity contribution in [2.45, 2.75) is 49.9 Å². The number of amides is 3. The van der Waals surface area contributed by atoms with Crippen molar-refractivity contribution < 1.29 is 23.5 Å². The maximum Gasteiger partial charge on any atom is 0.321 e. The number of carbonyl (C=O) groups is 3. The number of rotatable bonds is 5. The number of imide groups is 1. The number of esters is 1. The van der Waals surface area contributed by atoms with E-state index in [1.165, 1.54) is 6.26 Å². The van der Waals surface area contributed by atoms with Crippen LogP contribution in [0.3, 0.4) is 0 Å². The standard InChI is InChI=1S/C19H23ClN2O5/c20-19-7-12-4-13(8-19)6-18(5-12,11-19)16(24)27-10-15(23)22-17(25)21-9-14-2-1-3-26-14/h1-3,12-13H,4-11H2,(H2,21,22,23,25)/t12-,13+,18?,19?. The fraction of sp³-hybridized carbons (Fsp3) is 0.632. The molecule has 1 aromatic rings. The van der Waals surface area contributed by atoms with Gasteiger partial charge in [0, 0.05) is 4.87 Å². The average Bonchev–Trinajstić information content (AvgIpc) is 3.09. The molecule has 7 nitrogen and oxygen atoms in total. The van der Waals surface area contributed by atoms with Crippen LogP contribution in [0.5, 0.6) is 0 Å². The Morgan fingerprint density at radius 3 is 2.59 bits per heavy atom. The first-order valence-corrected chi connectivity index (χ1v) is 9.70. The van der Waals surface area contributed by atoms with Crippen molar-refractivity contribution >= 4 is 29.5 Å². The van der Waals surface area contributed by atoms with Gasteiger partial charge in [0.25, 0.3) is 5.91 Å². The van der Waals surface area contributed by atoms with E-state index in [9.17, 15) is 14.4 Å². The molecule has 0 aromatic carbocycles. The van der Waals surface area contributed by atoms with Crippen LogP contribution in [-0.4, -0.2) is 29.4 Å². The maximum atomic E-state index is 12.7. The lowest BCUT2D eigenvalue weighted by Gasteiger charge is -2.58. The quantitative estimate of drug-likeness (QED) is 0.591. The van der Waals surface area contributed by atoms with Gasteiger partial charge in [0.2, 0.25) is 0 Å². The minimum Gasteiger partial charge on any atom is -0.467 e. The second-order valence-corrected chi connectivity index (χ2v) is 9.08. The van der Waals surface area contributed by atoms with Crippen molar-refractivity contribution in [2.75, 3.05) is 6.61 Å². The van der Waals surface area contributed by atoms with Gasteiger partial charge in [-0.1, -0.05) is 0 Å². The van der Waals surface area contributed by atoms with E-state index in [4.69, 9.17) is 20.8 Å². The number of carbonyl (C=O) groups excluding carboxylic acids is 3. The number of furan rings is 1. The van der Waals surface area contributed by atoms with Gasteiger partial charge in [-0.2, -0.15) is 0 Å². The number of hydrogen-bond acceptors (Lipinski definition) is 5. The van der Waals surface area contributed by atoms with Crippen molar-refractivity contribution in [1.82, 2.24) is 10.6 Å².